The fourth-order valence-electron chi connectivity index (χ4n) is 5.80. The van der Waals surface area contributed by atoms with Crippen molar-refractivity contribution >= 4 is 29.5 Å². The number of rotatable bonds is 9. The van der Waals surface area contributed by atoms with E-state index in [1.807, 2.05) is 61.5 Å². The molecule has 3 atom stereocenters. The van der Waals surface area contributed by atoms with Crippen LogP contribution in [0.3, 0.4) is 0 Å². The van der Waals surface area contributed by atoms with Gasteiger partial charge in [-0.25, -0.2) is 0 Å². The molecule has 0 bridgehead atoms. The van der Waals surface area contributed by atoms with Crippen molar-refractivity contribution in [1.82, 2.24) is 15.5 Å². The Morgan fingerprint density at radius 2 is 1.71 bits per heavy atom. The third-order valence-electron chi connectivity index (χ3n) is 8.55. The van der Waals surface area contributed by atoms with Crippen molar-refractivity contribution in [3.8, 4) is 5.75 Å². The number of phenolic OH excluding ortho intramolecular Hbond substituents is 1. The molecule has 3 aromatic carbocycles. The number of nitrogens with zero attached hydrogens (tertiary/aromatic N) is 1. The Morgan fingerprint density at radius 3 is 2.40 bits per heavy atom. The average molecular weight is 588 g/mol. The maximum absolute atomic E-state index is 14.0. The van der Waals surface area contributed by atoms with Gasteiger partial charge >= 0.3 is 0 Å². The van der Waals surface area contributed by atoms with Gasteiger partial charge in [-0.3, -0.25) is 14.4 Å². The third kappa shape index (κ3) is 6.03. The number of carbonyl (C=O) groups is 3. The van der Waals surface area contributed by atoms with Crippen molar-refractivity contribution in [3.63, 3.8) is 0 Å². The SMILES string of the molecule is Cc1ccccc1CNC(=O)[C@H]1N(C(=O)[C@@H](O)[C@H](Cc2ccccc2)NC(=O)c2cccc(O)c2C)CSC12CCC2. The molecule has 42 heavy (non-hydrogen) atoms. The number of thioether (sulfide) groups is 1. The number of hydrogen-bond donors (Lipinski definition) is 4. The largest absolute Gasteiger partial charge is 0.508 e. The van der Waals surface area contributed by atoms with E-state index < -0.39 is 30.0 Å². The summed E-state index contributed by atoms with van der Waals surface area (Å²) in [6.07, 6.45) is 1.24. The summed E-state index contributed by atoms with van der Waals surface area (Å²) in [6, 6.07) is 20.1. The van der Waals surface area contributed by atoms with Crippen LogP contribution in [0.15, 0.2) is 72.8 Å². The van der Waals surface area contributed by atoms with Crippen molar-refractivity contribution in [2.45, 2.75) is 69.0 Å². The summed E-state index contributed by atoms with van der Waals surface area (Å²) in [6.45, 7) is 3.98. The monoisotopic (exact) mass is 587 g/mol. The maximum Gasteiger partial charge on any atom is 0.254 e. The molecule has 1 heterocycles. The topological polar surface area (TPSA) is 119 Å². The van der Waals surface area contributed by atoms with E-state index in [9.17, 15) is 24.6 Å². The Morgan fingerprint density at radius 1 is 1.00 bits per heavy atom. The number of aliphatic hydroxyl groups excluding tert-OH is 1. The van der Waals surface area contributed by atoms with E-state index in [4.69, 9.17) is 0 Å². The molecule has 3 aromatic rings. The van der Waals surface area contributed by atoms with Gasteiger partial charge in [0, 0.05) is 22.4 Å². The molecule has 3 amide bonds. The van der Waals surface area contributed by atoms with Crippen LogP contribution in [-0.2, 0) is 22.6 Å². The van der Waals surface area contributed by atoms with Crippen LogP contribution in [0.2, 0.25) is 0 Å². The number of phenols is 1. The molecular weight excluding hydrogens is 550 g/mol. The van der Waals surface area contributed by atoms with Gasteiger partial charge in [0.1, 0.15) is 11.8 Å². The fourth-order valence-corrected chi connectivity index (χ4v) is 7.45. The Balaban J connectivity index is 1.37. The molecule has 8 nitrogen and oxygen atoms in total. The van der Waals surface area contributed by atoms with Gasteiger partial charge in [-0.1, -0.05) is 67.1 Å². The van der Waals surface area contributed by atoms with Crippen LogP contribution >= 0.6 is 11.8 Å². The standard InChI is InChI=1S/C33H37N3O5S/c1-21-10-6-7-13-24(21)19-34-31(40)29-33(16-9-17-33)42-20-36(29)32(41)28(38)26(18-23-11-4-3-5-12-23)35-30(39)25-14-8-15-27(37)22(25)2/h3-8,10-15,26,28-29,37-38H,9,16-20H2,1-2H3,(H,34,40)(H,35,39)/t26-,28-,29+/m0/s1. The lowest BCUT2D eigenvalue weighted by molar-refractivity contribution is -0.148. The summed E-state index contributed by atoms with van der Waals surface area (Å²) in [4.78, 5) is 42.5. The lowest BCUT2D eigenvalue weighted by Gasteiger charge is -2.43. The predicted molar refractivity (Wildman–Crippen MR) is 163 cm³/mol. The molecule has 0 radical (unpaired) electrons. The van der Waals surface area contributed by atoms with E-state index in [1.54, 1.807) is 30.8 Å². The molecule has 9 heteroatoms. The molecule has 0 aromatic heterocycles. The van der Waals surface area contributed by atoms with Gasteiger partial charge in [0.25, 0.3) is 11.8 Å². The van der Waals surface area contributed by atoms with Crippen LogP contribution in [0.1, 0.15) is 51.9 Å². The number of nitrogens with one attached hydrogen (secondary N) is 2. The van der Waals surface area contributed by atoms with Crippen LogP contribution < -0.4 is 10.6 Å². The second kappa shape index (κ2) is 12.6. The molecule has 1 saturated heterocycles. The van der Waals surface area contributed by atoms with Crippen LogP contribution in [0, 0.1) is 13.8 Å². The van der Waals surface area contributed by atoms with E-state index >= 15 is 0 Å². The number of aromatic hydroxyl groups is 1. The highest BCUT2D eigenvalue weighted by Gasteiger charge is 2.57. The zero-order valence-corrected chi connectivity index (χ0v) is 24.7. The molecule has 1 aliphatic carbocycles. The van der Waals surface area contributed by atoms with Crippen LogP contribution in [-0.4, -0.2) is 61.6 Å². The van der Waals surface area contributed by atoms with E-state index in [2.05, 4.69) is 10.6 Å². The Hall–Kier alpha value is -3.82. The lowest BCUT2D eigenvalue weighted by atomic mass is 9.77. The molecule has 1 saturated carbocycles. The molecule has 5 rings (SSSR count). The van der Waals surface area contributed by atoms with Crippen molar-refractivity contribution in [3.05, 3.63) is 101 Å². The minimum atomic E-state index is -1.59. The number of carbonyl (C=O) groups excluding carboxylic acids is 3. The molecule has 220 valence electrons. The molecule has 4 N–H and O–H groups in total. The smallest absolute Gasteiger partial charge is 0.254 e. The number of aliphatic hydroxyl groups is 1. The molecular formula is C33H37N3O5S. The maximum atomic E-state index is 14.0. The van der Waals surface area contributed by atoms with Crippen LogP contribution in [0.4, 0.5) is 0 Å². The first-order valence-corrected chi connectivity index (χ1v) is 15.3. The van der Waals surface area contributed by atoms with Gasteiger partial charge in [-0.05, 0) is 61.9 Å². The van der Waals surface area contributed by atoms with E-state index in [0.717, 1.165) is 36.0 Å². The summed E-state index contributed by atoms with van der Waals surface area (Å²) in [7, 11) is 0. The van der Waals surface area contributed by atoms with Crippen molar-refractivity contribution in [1.29, 1.82) is 0 Å². The molecule has 1 aliphatic heterocycles. The average Bonchev–Trinajstić information content (AvgIpc) is 3.39. The number of aryl methyl sites for hydroxylation is 1. The highest BCUT2D eigenvalue weighted by Crippen LogP contribution is 2.53. The van der Waals surface area contributed by atoms with Gasteiger partial charge in [0.15, 0.2) is 6.10 Å². The summed E-state index contributed by atoms with van der Waals surface area (Å²) in [5.74, 6) is -1.05. The lowest BCUT2D eigenvalue weighted by Crippen LogP contribution is -2.61. The van der Waals surface area contributed by atoms with Gasteiger partial charge in [-0.2, -0.15) is 0 Å². The van der Waals surface area contributed by atoms with Crippen molar-refractivity contribution in [2.75, 3.05) is 5.88 Å². The molecule has 1 spiro atoms. The second-order valence-corrected chi connectivity index (χ2v) is 12.6. The summed E-state index contributed by atoms with van der Waals surface area (Å²) < 4.78 is -0.373. The Bertz CT molecular complexity index is 1460. The van der Waals surface area contributed by atoms with Crippen molar-refractivity contribution < 1.29 is 24.6 Å². The van der Waals surface area contributed by atoms with Gasteiger partial charge in [-0.15, -0.1) is 11.8 Å². The normalized spacial score (nSPS) is 18.6. The zero-order chi connectivity index (χ0) is 29.9. The number of hydrogen-bond acceptors (Lipinski definition) is 6. The molecule has 0 unspecified atom stereocenters. The fraction of sp³-hybridized carbons (Fsp3) is 0.364. The van der Waals surface area contributed by atoms with Gasteiger partial charge in [0.2, 0.25) is 5.91 Å². The van der Waals surface area contributed by atoms with E-state index in [0.29, 0.717) is 12.1 Å². The van der Waals surface area contributed by atoms with E-state index in [1.165, 1.54) is 11.0 Å². The zero-order valence-electron chi connectivity index (χ0n) is 23.9. The highest BCUT2D eigenvalue weighted by atomic mass is 32.2. The highest BCUT2D eigenvalue weighted by molar-refractivity contribution is 8.01. The predicted octanol–water partition coefficient (Wildman–Crippen LogP) is 3.85. The van der Waals surface area contributed by atoms with Crippen molar-refractivity contribution in [2.24, 2.45) is 0 Å². The van der Waals surface area contributed by atoms with Gasteiger partial charge in [0.05, 0.1) is 11.9 Å². The first-order valence-electron chi connectivity index (χ1n) is 14.3. The number of amides is 3. The Kier molecular flexibility index (Phi) is 8.89. The quantitative estimate of drug-likeness (QED) is 0.302. The molecule has 2 fully saturated rings. The van der Waals surface area contributed by atoms with Crippen LogP contribution in [0.25, 0.3) is 0 Å². The first-order chi connectivity index (χ1) is 20.2. The minimum Gasteiger partial charge on any atom is -0.508 e. The van der Waals surface area contributed by atoms with Gasteiger partial charge < -0.3 is 25.7 Å². The molecule has 2 aliphatic rings. The number of benzene rings is 3. The van der Waals surface area contributed by atoms with E-state index in [-0.39, 0.29) is 34.3 Å². The summed E-state index contributed by atoms with van der Waals surface area (Å²) in [5.41, 5.74) is 3.57. The van der Waals surface area contributed by atoms with Crippen LogP contribution in [0.5, 0.6) is 5.75 Å². The minimum absolute atomic E-state index is 0.0154. The third-order valence-corrected chi connectivity index (χ3v) is 10.2. The summed E-state index contributed by atoms with van der Waals surface area (Å²) >= 11 is 1.59. The Labute approximate surface area is 250 Å². The first kappa shape index (κ1) is 29.7. The summed E-state index contributed by atoms with van der Waals surface area (Å²) in [5, 5.41) is 27.5. The second-order valence-electron chi connectivity index (χ2n) is 11.2.